The molecule has 0 spiro atoms. The molecule has 2 aromatic carbocycles. The van der Waals surface area contributed by atoms with Gasteiger partial charge in [-0.1, -0.05) is 55.6 Å². The number of benzene rings is 2. The van der Waals surface area contributed by atoms with E-state index in [0.717, 1.165) is 50.3 Å². The fraction of sp³-hybridized carbons (Fsp3) is 0.273. The Morgan fingerprint density at radius 2 is 1.94 bits per heavy atom. The van der Waals surface area contributed by atoms with Crippen LogP contribution in [0.1, 0.15) is 26.1 Å². The molecule has 0 saturated heterocycles. The third-order valence-corrected chi connectivity index (χ3v) is 7.74. The van der Waals surface area contributed by atoms with E-state index in [-0.39, 0.29) is 11.7 Å². The topological polar surface area (TPSA) is 72.7 Å². The van der Waals surface area contributed by atoms with Gasteiger partial charge in [-0.25, -0.2) is 4.98 Å². The predicted molar refractivity (Wildman–Crippen MR) is 131 cm³/mol. The maximum Gasteiger partial charge on any atom is 0.234 e. The van der Waals surface area contributed by atoms with E-state index in [1.54, 1.807) is 23.1 Å². The summed E-state index contributed by atoms with van der Waals surface area (Å²) in [5, 5.41) is 12.3. The Kier molecular flexibility index (Phi) is 7.26. The number of aromatic nitrogens is 4. The van der Waals surface area contributed by atoms with Crippen molar-refractivity contribution < 1.29 is 4.79 Å². The highest BCUT2D eigenvalue weighted by atomic mass is 32.2. The van der Waals surface area contributed by atoms with Crippen molar-refractivity contribution >= 4 is 56.7 Å². The van der Waals surface area contributed by atoms with Crippen LogP contribution in [-0.4, -0.2) is 37.2 Å². The van der Waals surface area contributed by atoms with Crippen LogP contribution >= 0.6 is 34.9 Å². The minimum atomic E-state index is -0.0740. The van der Waals surface area contributed by atoms with Crippen LogP contribution < -0.4 is 5.32 Å². The number of nitrogens with zero attached hydrogens (tertiary/aromatic N) is 4. The number of rotatable bonds is 9. The molecule has 31 heavy (non-hydrogen) atoms. The average molecular weight is 470 g/mol. The summed E-state index contributed by atoms with van der Waals surface area (Å²) in [6.07, 6.45) is 1.89. The number of hydrogen-bond acceptors (Lipinski definition) is 7. The molecule has 0 aliphatic carbocycles. The van der Waals surface area contributed by atoms with Crippen LogP contribution in [0.25, 0.3) is 15.9 Å². The van der Waals surface area contributed by atoms with Crippen molar-refractivity contribution in [2.45, 2.75) is 36.2 Å². The molecule has 0 fully saturated rings. The molecular formula is C22H23N5OS3. The van der Waals surface area contributed by atoms with Crippen LogP contribution in [0.3, 0.4) is 0 Å². The van der Waals surface area contributed by atoms with E-state index in [9.17, 15) is 4.79 Å². The lowest BCUT2D eigenvalue weighted by Crippen LogP contribution is -2.14. The first-order valence-corrected chi connectivity index (χ1v) is 12.9. The summed E-state index contributed by atoms with van der Waals surface area (Å²) >= 11 is 4.83. The van der Waals surface area contributed by atoms with Gasteiger partial charge in [0.2, 0.25) is 5.91 Å². The summed E-state index contributed by atoms with van der Waals surface area (Å²) in [5.41, 5.74) is 2.76. The normalized spacial score (nSPS) is 11.2. The second-order valence-electron chi connectivity index (χ2n) is 6.77. The minimum absolute atomic E-state index is 0.0740. The highest BCUT2D eigenvalue weighted by Gasteiger charge is 2.15. The smallest absolute Gasteiger partial charge is 0.234 e. The third-order valence-electron chi connectivity index (χ3n) is 4.45. The van der Waals surface area contributed by atoms with Gasteiger partial charge in [0.25, 0.3) is 0 Å². The lowest BCUT2D eigenvalue weighted by molar-refractivity contribution is -0.113. The van der Waals surface area contributed by atoms with Crippen molar-refractivity contribution in [2.24, 2.45) is 0 Å². The molecule has 1 amide bonds. The summed E-state index contributed by atoms with van der Waals surface area (Å²) < 4.78 is 4.17. The lowest BCUT2D eigenvalue weighted by Gasteiger charge is -2.09. The summed E-state index contributed by atoms with van der Waals surface area (Å²) in [5.74, 6) is 2.12. The number of hydrogen-bond donors (Lipinski definition) is 1. The number of thiazole rings is 1. The number of fused-ring (bicyclic) bond motifs is 1. The molecule has 0 unspecified atom stereocenters. The Hall–Kier alpha value is -2.36. The molecule has 4 aromatic rings. The van der Waals surface area contributed by atoms with Crippen molar-refractivity contribution in [2.75, 3.05) is 16.8 Å². The Morgan fingerprint density at radius 1 is 1.10 bits per heavy atom. The molecule has 0 aliphatic rings. The lowest BCUT2D eigenvalue weighted by atomic mass is 10.3. The molecule has 160 valence electrons. The molecule has 0 saturated carbocycles. The molecule has 9 heteroatoms. The van der Waals surface area contributed by atoms with E-state index in [1.807, 2.05) is 60.0 Å². The van der Waals surface area contributed by atoms with Gasteiger partial charge in [0, 0.05) is 23.5 Å². The summed E-state index contributed by atoms with van der Waals surface area (Å²) in [6, 6.07) is 15.8. The number of amides is 1. The summed E-state index contributed by atoms with van der Waals surface area (Å²) in [7, 11) is 0. The number of nitrogens with one attached hydrogen (secondary N) is 1. The molecule has 0 radical (unpaired) electrons. The highest BCUT2D eigenvalue weighted by molar-refractivity contribution is 8.01. The first-order valence-electron chi connectivity index (χ1n) is 10.1. The number of thioether (sulfide) groups is 2. The van der Waals surface area contributed by atoms with E-state index in [4.69, 9.17) is 0 Å². The number of para-hydroxylation sites is 1. The average Bonchev–Trinajstić information content (AvgIpc) is 3.39. The van der Waals surface area contributed by atoms with E-state index >= 15 is 0 Å². The minimum Gasteiger partial charge on any atom is -0.325 e. The molecule has 1 N–H and O–H groups in total. The quantitative estimate of drug-likeness (QED) is 0.318. The SMILES string of the molecule is CCCSc1nc2ccc(NC(=O)CSc3nnc(CC)n3-c3ccccc3)cc2s1. The number of carbonyl (C=O) groups excluding carboxylic acids is 1. The maximum atomic E-state index is 12.6. The maximum absolute atomic E-state index is 12.6. The molecule has 2 heterocycles. The molecule has 0 atom stereocenters. The van der Waals surface area contributed by atoms with Gasteiger partial charge in [-0.15, -0.1) is 21.5 Å². The zero-order valence-corrected chi connectivity index (χ0v) is 19.8. The first-order chi connectivity index (χ1) is 15.2. The van der Waals surface area contributed by atoms with Gasteiger partial charge in [-0.2, -0.15) is 0 Å². The Balaban J connectivity index is 1.42. The van der Waals surface area contributed by atoms with Crippen LogP contribution in [0.15, 0.2) is 58.0 Å². The standard InChI is InChI=1S/C22H23N5OS3/c1-3-12-29-22-24-17-11-10-15(13-18(17)31-22)23-20(28)14-30-21-26-25-19(4-2)27(21)16-8-6-5-7-9-16/h5-11,13H,3-4,12,14H2,1-2H3,(H,23,28). The molecule has 0 aliphatic heterocycles. The number of carbonyl (C=O) groups is 1. The van der Waals surface area contributed by atoms with Crippen LogP contribution in [0, 0.1) is 0 Å². The highest BCUT2D eigenvalue weighted by Crippen LogP contribution is 2.31. The van der Waals surface area contributed by atoms with Crippen molar-refractivity contribution in [3.05, 3.63) is 54.4 Å². The molecule has 2 aromatic heterocycles. The van der Waals surface area contributed by atoms with Crippen molar-refractivity contribution in [3.63, 3.8) is 0 Å². The molecule has 6 nitrogen and oxygen atoms in total. The van der Waals surface area contributed by atoms with Crippen molar-refractivity contribution in [1.29, 1.82) is 0 Å². The van der Waals surface area contributed by atoms with Gasteiger partial charge in [0.1, 0.15) is 5.82 Å². The van der Waals surface area contributed by atoms with Crippen LogP contribution in [0.4, 0.5) is 5.69 Å². The molecule has 0 bridgehead atoms. The van der Waals surface area contributed by atoms with Gasteiger partial charge in [0.05, 0.1) is 16.0 Å². The van der Waals surface area contributed by atoms with E-state index in [0.29, 0.717) is 5.16 Å². The zero-order valence-electron chi connectivity index (χ0n) is 17.4. The van der Waals surface area contributed by atoms with Crippen LogP contribution in [0.2, 0.25) is 0 Å². The Bertz CT molecular complexity index is 1170. The van der Waals surface area contributed by atoms with Crippen molar-refractivity contribution in [1.82, 2.24) is 19.7 Å². The second-order valence-corrected chi connectivity index (χ2v) is 10.1. The van der Waals surface area contributed by atoms with Crippen molar-refractivity contribution in [3.8, 4) is 5.69 Å². The van der Waals surface area contributed by atoms with Gasteiger partial charge in [-0.05, 0) is 36.8 Å². The fourth-order valence-corrected chi connectivity index (χ4v) is 5.82. The fourth-order valence-electron chi connectivity index (χ4n) is 3.02. The number of anilines is 1. The monoisotopic (exact) mass is 469 g/mol. The summed E-state index contributed by atoms with van der Waals surface area (Å²) in [4.78, 5) is 17.2. The predicted octanol–water partition coefficient (Wildman–Crippen LogP) is 5.67. The summed E-state index contributed by atoms with van der Waals surface area (Å²) in [6.45, 7) is 4.21. The molecular weight excluding hydrogens is 446 g/mol. The van der Waals surface area contributed by atoms with Crippen LogP contribution in [-0.2, 0) is 11.2 Å². The number of aryl methyl sites for hydroxylation is 1. The van der Waals surface area contributed by atoms with Gasteiger partial charge >= 0.3 is 0 Å². The van der Waals surface area contributed by atoms with Crippen LogP contribution in [0.5, 0.6) is 0 Å². The second kappa shape index (κ2) is 10.3. The zero-order chi connectivity index (χ0) is 21.6. The Morgan fingerprint density at radius 3 is 2.71 bits per heavy atom. The molecule has 4 rings (SSSR count). The van der Waals surface area contributed by atoms with Gasteiger partial charge in [0.15, 0.2) is 9.50 Å². The van der Waals surface area contributed by atoms with E-state index in [2.05, 4.69) is 27.4 Å². The van der Waals surface area contributed by atoms with E-state index in [1.165, 1.54) is 11.8 Å². The van der Waals surface area contributed by atoms with E-state index < -0.39 is 0 Å². The third kappa shape index (κ3) is 5.28. The van der Waals surface area contributed by atoms with Gasteiger partial charge < -0.3 is 5.32 Å². The largest absolute Gasteiger partial charge is 0.325 e. The first kappa shape index (κ1) is 21.9. The van der Waals surface area contributed by atoms with Gasteiger partial charge in [-0.3, -0.25) is 9.36 Å². The Labute approximate surface area is 193 Å².